The third-order valence-corrected chi connectivity index (χ3v) is 17.5. The van der Waals surface area contributed by atoms with E-state index in [1.807, 2.05) is 27.7 Å². The zero-order chi connectivity index (χ0) is 55.6. The van der Waals surface area contributed by atoms with E-state index in [9.17, 15) is 57.8 Å². The first kappa shape index (κ1) is 63.1. The minimum Gasteiger partial charge on any atom is -0.506 e. The van der Waals surface area contributed by atoms with E-state index in [0.29, 0.717) is 40.2 Å². The summed E-state index contributed by atoms with van der Waals surface area (Å²) in [5.41, 5.74) is 16.8. The zero-order valence-electron chi connectivity index (χ0n) is 42.4. The van der Waals surface area contributed by atoms with Gasteiger partial charge in [-0.3, -0.25) is 52.7 Å². The maximum Gasteiger partial charge on any atom is 0.246 e. The quantitative estimate of drug-likeness (QED) is 0.0843. The lowest BCUT2D eigenvalue weighted by molar-refractivity contribution is -0.142. The molecule has 2 aliphatic heterocycles. The summed E-state index contributed by atoms with van der Waals surface area (Å²) < 4.78 is -0.235. The van der Waals surface area contributed by atoms with Gasteiger partial charge in [-0.2, -0.15) is 0 Å². The van der Waals surface area contributed by atoms with E-state index >= 15 is 0 Å². The van der Waals surface area contributed by atoms with Crippen molar-refractivity contribution in [1.29, 1.82) is 0 Å². The molecule has 0 saturated carbocycles. The van der Waals surface area contributed by atoms with Crippen LogP contribution in [0.1, 0.15) is 111 Å². The van der Waals surface area contributed by atoms with Crippen LogP contribution in [-0.4, -0.2) is 141 Å². The predicted molar refractivity (Wildman–Crippen MR) is 285 cm³/mol. The fourth-order valence-electron chi connectivity index (χ4n) is 8.27. The molecule has 412 valence electrons. The first-order valence-electron chi connectivity index (χ1n) is 24.5. The van der Waals surface area contributed by atoms with Crippen LogP contribution in [0.2, 0.25) is 0 Å². The molecular formula is C47H71Br2N11O12S2. The van der Waals surface area contributed by atoms with Crippen LogP contribution in [0.15, 0.2) is 21.1 Å². The number of carbonyl (C=O) groups excluding carboxylic acids is 11. The van der Waals surface area contributed by atoms with Crippen LogP contribution in [-0.2, 0) is 59.2 Å². The number of hydrogen-bond acceptors (Lipinski definition) is 14. The summed E-state index contributed by atoms with van der Waals surface area (Å²) in [5, 5.41) is 28.8. The second kappa shape index (κ2) is 29.8. The smallest absolute Gasteiger partial charge is 0.246 e. The molecule has 11 amide bonds. The molecular weight excluding hydrogens is 1130 g/mol. The van der Waals surface area contributed by atoms with E-state index in [1.165, 1.54) is 15.7 Å². The number of likely N-dealkylation sites (tertiary alicyclic amines) is 1. The molecule has 0 aliphatic carbocycles. The lowest BCUT2D eigenvalue weighted by Crippen LogP contribution is -2.61. The van der Waals surface area contributed by atoms with Crippen LogP contribution >= 0.6 is 53.4 Å². The fraction of sp³-hybridized carbons (Fsp3) is 0.638. The molecule has 0 aromatic heterocycles. The van der Waals surface area contributed by atoms with Gasteiger partial charge in [-0.15, -0.1) is 0 Å². The van der Waals surface area contributed by atoms with Gasteiger partial charge in [0.25, 0.3) is 0 Å². The Morgan fingerprint density at radius 3 is 2.00 bits per heavy atom. The van der Waals surface area contributed by atoms with Crippen molar-refractivity contribution in [2.75, 3.05) is 18.8 Å². The highest BCUT2D eigenvalue weighted by Crippen LogP contribution is 2.44. The molecule has 14 N–H and O–H groups in total. The number of phenolic OH excluding ortho intramolecular Hbond substituents is 1. The van der Waals surface area contributed by atoms with E-state index < -0.39 is 144 Å². The number of primary amides is 3. The van der Waals surface area contributed by atoms with Gasteiger partial charge in [0.05, 0.1) is 21.9 Å². The molecule has 74 heavy (non-hydrogen) atoms. The third kappa shape index (κ3) is 19.2. The number of halogens is 2. The second-order valence-corrected chi connectivity index (χ2v) is 23.5. The molecule has 8 atom stereocenters. The first-order valence-corrected chi connectivity index (χ1v) is 28.4. The molecule has 2 unspecified atom stereocenters. The van der Waals surface area contributed by atoms with Crippen molar-refractivity contribution in [3.63, 3.8) is 0 Å². The summed E-state index contributed by atoms with van der Waals surface area (Å²) in [6.07, 6.45) is 0.0179. The molecule has 2 heterocycles. The van der Waals surface area contributed by atoms with Crippen LogP contribution in [0.25, 0.3) is 0 Å². The van der Waals surface area contributed by atoms with Crippen molar-refractivity contribution < 1.29 is 57.8 Å². The highest BCUT2D eigenvalue weighted by atomic mass is 79.9. The Bertz CT molecular complexity index is 2230. The largest absolute Gasteiger partial charge is 0.506 e. The second-order valence-electron chi connectivity index (χ2n) is 19.0. The minimum absolute atomic E-state index is 0.0605. The Balaban J connectivity index is 2.17. The van der Waals surface area contributed by atoms with Crippen molar-refractivity contribution in [2.45, 2.75) is 159 Å². The van der Waals surface area contributed by atoms with E-state index in [-0.39, 0.29) is 49.6 Å². The minimum atomic E-state index is -1.75. The summed E-state index contributed by atoms with van der Waals surface area (Å²) >= 11 is 6.62. The zero-order valence-corrected chi connectivity index (χ0v) is 47.2. The van der Waals surface area contributed by atoms with Crippen LogP contribution < -0.4 is 54.4 Å². The lowest BCUT2D eigenvalue weighted by Gasteiger charge is -2.33. The molecule has 3 rings (SSSR count). The van der Waals surface area contributed by atoms with Gasteiger partial charge in [0.2, 0.25) is 65.0 Å². The van der Waals surface area contributed by atoms with Gasteiger partial charge in [0, 0.05) is 36.3 Å². The number of phenols is 1. The van der Waals surface area contributed by atoms with Crippen molar-refractivity contribution in [1.82, 2.24) is 42.1 Å². The van der Waals surface area contributed by atoms with Crippen LogP contribution in [0.3, 0.4) is 0 Å². The number of benzene rings is 1. The van der Waals surface area contributed by atoms with E-state index in [2.05, 4.69) is 69.1 Å². The first-order chi connectivity index (χ1) is 34.7. The number of nitrogens with two attached hydrogens (primary N) is 3. The monoisotopic (exact) mass is 1200 g/mol. The summed E-state index contributed by atoms with van der Waals surface area (Å²) in [7, 11) is 2.40. The Labute approximate surface area is 455 Å². The van der Waals surface area contributed by atoms with Gasteiger partial charge in [-0.25, -0.2) is 0 Å². The fourth-order valence-corrected chi connectivity index (χ4v) is 12.9. The number of hydrogen-bond donors (Lipinski definition) is 11. The number of nitrogens with one attached hydrogen (secondary N) is 7. The van der Waals surface area contributed by atoms with Crippen LogP contribution in [0.4, 0.5) is 0 Å². The van der Waals surface area contributed by atoms with Crippen LogP contribution in [0.5, 0.6) is 5.75 Å². The SMILES string of the molecule is CC[C@H](C)C1NC(=O)[C@H](Cc2cc(Br)c(O)c(Br)c2)NC(=O)CC(CC)(CC)SSC[C@@H](C(=O)N2CCCC2C(=O)N[C@@H](CC(C)C)C(=O)NCC(N)=O)NC(=O)[C@H](CC(N)=O)NC(=O)[C@H](CCC(N)=O)NC1=O. The van der Waals surface area contributed by atoms with Crippen LogP contribution in [0, 0.1) is 11.8 Å². The van der Waals surface area contributed by atoms with Gasteiger partial charge < -0.3 is 64.4 Å². The van der Waals surface area contributed by atoms with Crippen molar-refractivity contribution in [2.24, 2.45) is 29.0 Å². The Hall–Kier alpha value is -5.15. The molecule has 0 spiro atoms. The normalized spacial score (nSPS) is 23.2. The molecule has 23 nitrogen and oxygen atoms in total. The average molecular weight is 1210 g/mol. The van der Waals surface area contributed by atoms with E-state index in [1.54, 1.807) is 26.0 Å². The summed E-state index contributed by atoms with van der Waals surface area (Å²) in [4.78, 5) is 151. The maximum absolute atomic E-state index is 14.8. The van der Waals surface area contributed by atoms with E-state index in [0.717, 1.165) is 10.8 Å². The standard InChI is InChI=1S/C47H71Br2N11O12S2/c1-7-24(6)38-45(71)55-28(12-13-34(50)61)41(67)56-31(19-35(51)62)42(68)58-32(46(72)60-14-10-11-33(60)44(70)57-29(15-23(4)5)40(66)53-21-36(52)63)22-73-74-47(8-2,9-3)20-37(64)54-30(43(69)59-38)18-25-16-26(48)39(65)27(49)17-25/h16-17,23-24,28-33,38,65H,7-15,18-22H2,1-6H3,(H2,50,61)(H2,51,62)(H2,52,63)(H,53,66)(H,54,64)(H,55,71)(H,56,67)(H,57,70)(H,58,68)(H,59,69)/t24-,28-,29-,30-,31-,32-,33?,38?/m0/s1. The maximum atomic E-state index is 14.8. The molecule has 0 radical (unpaired) electrons. The van der Waals surface area contributed by atoms with E-state index in [4.69, 9.17) is 17.2 Å². The molecule has 1 aromatic rings. The molecule has 2 fully saturated rings. The number of rotatable bonds is 19. The highest BCUT2D eigenvalue weighted by molar-refractivity contribution is 9.11. The topological polar surface area (TPSA) is 374 Å². The van der Waals surface area contributed by atoms with Crippen molar-refractivity contribution in [3.8, 4) is 5.75 Å². The van der Waals surface area contributed by atoms with Gasteiger partial charge in [0.1, 0.15) is 48.0 Å². The molecule has 27 heteroatoms. The molecule has 0 bridgehead atoms. The highest BCUT2D eigenvalue weighted by Gasteiger charge is 2.42. The summed E-state index contributed by atoms with van der Waals surface area (Å²) in [5.74, 6) is -9.94. The molecule has 2 aliphatic rings. The Morgan fingerprint density at radius 2 is 1.43 bits per heavy atom. The van der Waals surface area contributed by atoms with Gasteiger partial charge in [0.15, 0.2) is 0 Å². The Morgan fingerprint density at radius 1 is 0.824 bits per heavy atom. The third-order valence-electron chi connectivity index (χ3n) is 12.8. The summed E-state index contributed by atoms with van der Waals surface area (Å²) in [6.45, 7) is 10.4. The van der Waals surface area contributed by atoms with Gasteiger partial charge in [-0.05, 0) is 99.9 Å². The number of aromatic hydroxyl groups is 1. The molecule has 1 aromatic carbocycles. The molecule has 2 saturated heterocycles. The van der Waals surface area contributed by atoms with Gasteiger partial charge >= 0.3 is 0 Å². The van der Waals surface area contributed by atoms with Gasteiger partial charge in [-0.1, -0.05) is 69.6 Å². The predicted octanol–water partition coefficient (Wildman–Crippen LogP) is 0.538. The number of carbonyl (C=O) groups is 11. The number of amides is 11. The summed E-state index contributed by atoms with van der Waals surface area (Å²) in [6, 6.07) is -6.48. The number of nitrogens with zero attached hydrogens (tertiary/aromatic N) is 1. The van der Waals surface area contributed by atoms with Crippen molar-refractivity contribution >= 4 is 118 Å². The Kier molecular flexibility index (Phi) is 25.4. The van der Waals surface area contributed by atoms with Crippen molar-refractivity contribution in [3.05, 3.63) is 26.6 Å². The lowest BCUT2D eigenvalue weighted by atomic mass is 9.95. The average Bonchev–Trinajstić information content (AvgIpc) is 3.83.